The van der Waals surface area contributed by atoms with E-state index in [1.165, 1.54) is 4.90 Å². The molecule has 0 spiro atoms. The molecule has 3 aromatic rings. The van der Waals surface area contributed by atoms with Crippen molar-refractivity contribution in [3.8, 4) is 0 Å². The van der Waals surface area contributed by atoms with Crippen molar-refractivity contribution >= 4 is 50.2 Å². The van der Waals surface area contributed by atoms with E-state index >= 15 is 0 Å². The Morgan fingerprint density at radius 2 is 1.90 bits per heavy atom. The van der Waals surface area contributed by atoms with Crippen LogP contribution in [0.25, 0.3) is 11.0 Å². The van der Waals surface area contributed by atoms with E-state index in [1.807, 2.05) is 31.1 Å². The van der Waals surface area contributed by atoms with Crippen molar-refractivity contribution in [2.24, 2.45) is 0 Å². The first-order valence-electron chi connectivity index (χ1n) is 9.64. The van der Waals surface area contributed by atoms with Crippen molar-refractivity contribution in [1.82, 2.24) is 9.80 Å². The van der Waals surface area contributed by atoms with Gasteiger partial charge in [-0.1, -0.05) is 39.7 Å². The highest BCUT2D eigenvalue weighted by Gasteiger charge is 2.44. The Morgan fingerprint density at radius 1 is 1.19 bits per heavy atom. The van der Waals surface area contributed by atoms with E-state index in [2.05, 4.69) is 15.9 Å². The molecule has 8 heteroatoms. The van der Waals surface area contributed by atoms with E-state index in [9.17, 15) is 14.7 Å². The molecule has 1 atom stereocenters. The fourth-order valence-corrected chi connectivity index (χ4v) is 4.18. The predicted molar refractivity (Wildman–Crippen MR) is 122 cm³/mol. The maximum atomic E-state index is 13.5. The van der Waals surface area contributed by atoms with Crippen LogP contribution in [0.4, 0.5) is 0 Å². The highest BCUT2D eigenvalue weighted by molar-refractivity contribution is 9.10. The average molecular weight is 504 g/mol. The zero-order chi connectivity index (χ0) is 22.3. The van der Waals surface area contributed by atoms with Crippen molar-refractivity contribution < 1.29 is 19.1 Å². The number of carbonyl (C=O) groups excluding carboxylic acids is 2. The molecule has 160 valence electrons. The second-order valence-electron chi connectivity index (χ2n) is 7.64. The lowest BCUT2D eigenvalue weighted by Crippen LogP contribution is -2.36. The molecule has 0 radical (unpaired) electrons. The van der Waals surface area contributed by atoms with Crippen molar-refractivity contribution in [2.75, 3.05) is 27.2 Å². The Bertz CT molecular complexity index is 1200. The molecule has 1 unspecified atom stereocenters. The molecule has 0 bridgehead atoms. The van der Waals surface area contributed by atoms with E-state index in [4.69, 9.17) is 16.0 Å². The number of aliphatic hydroxyl groups excluding tert-OH is 1. The normalized spacial score (nSPS) is 16.7. The summed E-state index contributed by atoms with van der Waals surface area (Å²) in [6.45, 7) is 0.913. The average Bonchev–Trinajstić information content (AvgIpc) is 3.25. The Hall–Kier alpha value is -2.61. The van der Waals surface area contributed by atoms with E-state index in [0.29, 0.717) is 29.3 Å². The van der Waals surface area contributed by atoms with E-state index in [-0.39, 0.29) is 11.3 Å². The zero-order valence-electron chi connectivity index (χ0n) is 16.9. The number of nitrogens with zero attached hydrogens (tertiary/aromatic N) is 2. The monoisotopic (exact) mass is 502 g/mol. The number of benzene rings is 2. The fourth-order valence-electron chi connectivity index (χ4n) is 3.67. The number of furan rings is 1. The number of halogens is 2. The predicted octanol–water partition coefficient (Wildman–Crippen LogP) is 4.99. The van der Waals surface area contributed by atoms with Crippen LogP contribution >= 0.6 is 27.5 Å². The lowest BCUT2D eigenvalue weighted by atomic mass is 9.95. The SMILES string of the molecule is CN(C)CCN1C(=O)C(O)=C(C(=O)c2cc3cc(Br)ccc3o2)C1c1ccc(Cl)cc1. The van der Waals surface area contributed by atoms with Crippen molar-refractivity contribution in [3.05, 3.63) is 80.7 Å². The minimum absolute atomic E-state index is 0.00389. The van der Waals surface area contributed by atoms with Gasteiger partial charge < -0.3 is 19.3 Å². The second kappa shape index (κ2) is 8.49. The summed E-state index contributed by atoms with van der Waals surface area (Å²) in [6.07, 6.45) is 0. The van der Waals surface area contributed by atoms with Gasteiger partial charge in [-0.25, -0.2) is 0 Å². The topological polar surface area (TPSA) is 74.0 Å². The summed E-state index contributed by atoms with van der Waals surface area (Å²) in [4.78, 5) is 29.8. The van der Waals surface area contributed by atoms with Crippen LogP contribution in [0.3, 0.4) is 0 Å². The van der Waals surface area contributed by atoms with Gasteiger partial charge in [0.15, 0.2) is 11.5 Å². The molecule has 31 heavy (non-hydrogen) atoms. The molecule has 0 saturated carbocycles. The van der Waals surface area contributed by atoms with Gasteiger partial charge >= 0.3 is 0 Å². The standard InChI is InChI=1S/C23H20BrClN2O4/c1-26(2)9-10-27-20(13-3-6-16(25)7-4-13)19(22(29)23(27)30)21(28)18-12-14-11-15(24)5-8-17(14)31-18/h3-8,11-12,20,29H,9-10H2,1-2H3. The van der Waals surface area contributed by atoms with Gasteiger partial charge in [-0.15, -0.1) is 0 Å². The Morgan fingerprint density at radius 3 is 2.58 bits per heavy atom. The van der Waals surface area contributed by atoms with Gasteiger partial charge in [-0.2, -0.15) is 0 Å². The van der Waals surface area contributed by atoms with Crippen molar-refractivity contribution in [3.63, 3.8) is 0 Å². The van der Waals surface area contributed by atoms with Gasteiger partial charge in [0.2, 0.25) is 5.78 Å². The van der Waals surface area contributed by atoms with Gasteiger partial charge in [-0.05, 0) is 56.1 Å². The van der Waals surface area contributed by atoms with Crippen LogP contribution < -0.4 is 0 Å². The molecule has 1 aliphatic rings. The molecule has 0 aliphatic carbocycles. The largest absolute Gasteiger partial charge is 0.503 e. The summed E-state index contributed by atoms with van der Waals surface area (Å²) in [5, 5.41) is 12.0. The van der Waals surface area contributed by atoms with Crippen LogP contribution in [-0.4, -0.2) is 53.8 Å². The lowest BCUT2D eigenvalue weighted by molar-refractivity contribution is -0.129. The third-order valence-electron chi connectivity index (χ3n) is 5.22. The highest BCUT2D eigenvalue weighted by atomic mass is 79.9. The van der Waals surface area contributed by atoms with E-state index < -0.39 is 23.5 Å². The van der Waals surface area contributed by atoms with Gasteiger partial charge in [0, 0.05) is 28.0 Å². The van der Waals surface area contributed by atoms with Crippen LogP contribution in [0.2, 0.25) is 5.02 Å². The zero-order valence-corrected chi connectivity index (χ0v) is 19.3. The van der Waals surface area contributed by atoms with Gasteiger partial charge in [-0.3, -0.25) is 9.59 Å². The number of aliphatic hydroxyl groups is 1. The summed E-state index contributed by atoms with van der Waals surface area (Å²) >= 11 is 9.44. The summed E-state index contributed by atoms with van der Waals surface area (Å²) in [5.74, 6) is -1.59. The molecule has 1 N–H and O–H groups in total. The lowest BCUT2D eigenvalue weighted by Gasteiger charge is -2.27. The highest BCUT2D eigenvalue weighted by Crippen LogP contribution is 2.39. The molecule has 1 aliphatic heterocycles. The van der Waals surface area contributed by atoms with Gasteiger partial charge in [0.05, 0.1) is 11.6 Å². The number of rotatable bonds is 6. The summed E-state index contributed by atoms with van der Waals surface area (Å²) in [7, 11) is 3.79. The second-order valence-corrected chi connectivity index (χ2v) is 8.99. The first kappa shape index (κ1) is 21.6. The van der Waals surface area contributed by atoms with Gasteiger partial charge in [0.1, 0.15) is 5.58 Å². The van der Waals surface area contributed by atoms with Crippen LogP contribution in [0.1, 0.15) is 22.2 Å². The Labute approximate surface area is 192 Å². The minimum Gasteiger partial charge on any atom is -0.503 e. The van der Waals surface area contributed by atoms with Crippen LogP contribution in [0.5, 0.6) is 0 Å². The quantitative estimate of drug-likeness (QED) is 0.480. The number of Topliss-reactive ketones (excluding diaryl/α,β-unsaturated/α-hetero) is 1. The van der Waals surface area contributed by atoms with E-state index in [0.717, 1.165) is 9.86 Å². The molecule has 0 saturated heterocycles. The molecule has 1 aromatic heterocycles. The number of amides is 1. The molecule has 2 aromatic carbocycles. The maximum absolute atomic E-state index is 13.5. The first-order chi connectivity index (χ1) is 14.8. The van der Waals surface area contributed by atoms with Crippen molar-refractivity contribution in [2.45, 2.75) is 6.04 Å². The summed E-state index contributed by atoms with van der Waals surface area (Å²) in [5.41, 5.74) is 1.23. The van der Waals surface area contributed by atoms with Crippen LogP contribution in [0, 0.1) is 0 Å². The molecular formula is C23H20BrClN2O4. The minimum atomic E-state index is -0.739. The molecule has 0 fully saturated rings. The van der Waals surface area contributed by atoms with Crippen molar-refractivity contribution in [1.29, 1.82) is 0 Å². The summed E-state index contributed by atoms with van der Waals surface area (Å²) in [6, 6.07) is 13.2. The number of hydrogen-bond donors (Lipinski definition) is 1. The fraction of sp³-hybridized carbons (Fsp3) is 0.217. The maximum Gasteiger partial charge on any atom is 0.290 e. The van der Waals surface area contributed by atoms with Crippen LogP contribution in [0.15, 0.2) is 68.8 Å². The first-order valence-corrected chi connectivity index (χ1v) is 10.8. The molecule has 1 amide bonds. The van der Waals surface area contributed by atoms with Crippen LogP contribution in [-0.2, 0) is 4.79 Å². The smallest absolute Gasteiger partial charge is 0.290 e. The molecular weight excluding hydrogens is 484 g/mol. The Balaban J connectivity index is 1.78. The number of likely N-dealkylation sites (N-methyl/N-ethyl adjacent to an activating group) is 1. The third kappa shape index (κ3) is 4.13. The number of ketones is 1. The molecule has 2 heterocycles. The number of fused-ring (bicyclic) bond motifs is 1. The summed E-state index contributed by atoms with van der Waals surface area (Å²) < 4.78 is 6.60. The molecule has 6 nitrogen and oxygen atoms in total. The Kier molecular flexibility index (Phi) is 5.92. The third-order valence-corrected chi connectivity index (χ3v) is 5.97. The van der Waals surface area contributed by atoms with Gasteiger partial charge in [0.25, 0.3) is 5.91 Å². The molecule has 4 rings (SSSR count). The van der Waals surface area contributed by atoms with E-state index in [1.54, 1.807) is 36.4 Å². The number of carbonyl (C=O) groups is 2. The number of hydrogen-bond acceptors (Lipinski definition) is 5.